The van der Waals surface area contributed by atoms with Crippen molar-refractivity contribution in [2.24, 2.45) is 0 Å². The predicted octanol–water partition coefficient (Wildman–Crippen LogP) is 4.93. The SMILES string of the molecule is Cc1cccnc1-n1nc(Cn2cc(C(F)(F)C(F)(F)F)nn2)cc1C(=O)Nc1c(C)cc(I)cc1C(=O)NC1CC1. The van der Waals surface area contributed by atoms with Crippen LogP contribution < -0.4 is 10.6 Å². The number of aryl methyl sites for hydroxylation is 2. The second-order valence-electron chi connectivity index (χ2n) is 9.80. The Labute approximate surface area is 248 Å². The van der Waals surface area contributed by atoms with E-state index >= 15 is 0 Å². The molecule has 2 N–H and O–H groups in total. The molecule has 3 heterocycles. The quantitative estimate of drug-likeness (QED) is 0.199. The summed E-state index contributed by atoms with van der Waals surface area (Å²) in [5.74, 6) is -5.91. The van der Waals surface area contributed by atoms with Crippen LogP contribution in [0.1, 0.15) is 56.2 Å². The number of anilines is 1. The third kappa shape index (κ3) is 5.98. The van der Waals surface area contributed by atoms with Crippen LogP contribution in [0.25, 0.3) is 5.82 Å². The van der Waals surface area contributed by atoms with Crippen molar-refractivity contribution in [3.8, 4) is 5.82 Å². The summed E-state index contributed by atoms with van der Waals surface area (Å²) < 4.78 is 68.6. The standard InChI is InChI=1S/C26H22F5IN8O2/c1-13-4-3-7-33-22(13)40-19(10-17(37-40)11-39-12-20(36-38-39)25(27,28)26(29,30)31)24(42)35-21-14(2)8-15(32)9-18(21)23(41)34-16-5-6-16/h3-4,7-10,12,16H,5-6,11H2,1-2H3,(H,34,41)(H,35,42). The van der Waals surface area contributed by atoms with E-state index in [9.17, 15) is 31.5 Å². The highest BCUT2D eigenvalue weighted by molar-refractivity contribution is 14.1. The minimum atomic E-state index is -5.85. The summed E-state index contributed by atoms with van der Waals surface area (Å²) >= 11 is 2.08. The molecule has 0 spiro atoms. The van der Waals surface area contributed by atoms with E-state index in [1.54, 1.807) is 38.1 Å². The number of hydrogen-bond acceptors (Lipinski definition) is 6. The molecule has 3 aromatic heterocycles. The highest BCUT2D eigenvalue weighted by Crippen LogP contribution is 2.42. The van der Waals surface area contributed by atoms with Gasteiger partial charge >= 0.3 is 12.1 Å². The average molecular weight is 700 g/mol. The van der Waals surface area contributed by atoms with E-state index in [0.29, 0.717) is 23.0 Å². The number of carbonyl (C=O) groups is 2. The third-order valence-electron chi connectivity index (χ3n) is 6.41. The topological polar surface area (TPSA) is 120 Å². The number of hydrogen-bond donors (Lipinski definition) is 2. The molecule has 16 heteroatoms. The largest absolute Gasteiger partial charge is 0.459 e. The number of rotatable bonds is 8. The van der Waals surface area contributed by atoms with E-state index < -0.39 is 23.7 Å². The fraction of sp³-hybridized carbons (Fsp3) is 0.308. The number of pyridine rings is 1. The molecule has 1 aliphatic carbocycles. The van der Waals surface area contributed by atoms with Crippen molar-refractivity contribution in [2.45, 2.75) is 51.4 Å². The smallest absolute Gasteiger partial charge is 0.349 e. The number of benzene rings is 1. The van der Waals surface area contributed by atoms with Crippen molar-refractivity contribution >= 4 is 40.1 Å². The average Bonchev–Trinajstić information content (AvgIpc) is 3.42. The van der Waals surface area contributed by atoms with Gasteiger partial charge < -0.3 is 10.6 Å². The zero-order chi connectivity index (χ0) is 30.4. The van der Waals surface area contributed by atoms with Crippen molar-refractivity contribution in [3.63, 3.8) is 0 Å². The molecule has 10 nitrogen and oxygen atoms in total. The Hall–Kier alpha value is -3.96. The summed E-state index contributed by atoms with van der Waals surface area (Å²) in [5, 5.41) is 16.5. The highest BCUT2D eigenvalue weighted by atomic mass is 127. The van der Waals surface area contributed by atoms with Crippen molar-refractivity contribution in [1.29, 1.82) is 0 Å². The number of alkyl halides is 5. The van der Waals surface area contributed by atoms with Crippen LogP contribution in [0.2, 0.25) is 0 Å². The molecular weight excluding hydrogens is 678 g/mol. The molecule has 0 unspecified atom stereocenters. The maximum absolute atomic E-state index is 13.7. The third-order valence-corrected chi connectivity index (χ3v) is 7.03. The van der Waals surface area contributed by atoms with Crippen LogP contribution >= 0.6 is 22.6 Å². The first-order chi connectivity index (χ1) is 19.7. The summed E-state index contributed by atoms with van der Waals surface area (Å²) in [6.07, 6.45) is -2.14. The maximum Gasteiger partial charge on any atom is 0.459 e. The highest BCUT2D eigenvalue weighted by Gasteiger charge is 2.60. The van der Waals surface area contributed by atoms with Crippen LogP contribution in [-0.2, 0) is 12.5 Å². The molecule has 0 saturated heterocycles. The van der Waals surface area contributed by atoms with Gasteiger partial charge in [0.1, 0.15) is 5.69 Å². The zero-order valence-electron chi connectivity index (χ0n) is 22.0. The van der Waals surface area contributed by atoms with Crippen LogP contribution in [0.15, 0.2) is 42.7 Å². The monoisotopic (exact) mass is 700 g/mol. The summed E-state index contributed by atoms with van der Waals surface area (Å²) in [4.78, 5) is 31.0. The van der Waals surface area contributed by atoms with Crippen molar-refractivity contribution in [3.05, 3.63) is 80.1 Å². The van der Waals surface area contributed by atoms with Crippen molar-refractivity contribution in [2.75, 3.05) is 5.32 Å². The Bertz CT molecular complexity index is 1680. The van der Waals surface area contributed by atoms with Gasteiger partial charge in [-0.2, -0.15) is 27.1 Å². The van der Waals surface area contributed by atoms with Crippen molar-refractivity contribution < 1.29 is 31.5 Å². The lowest BCUT2D eigenvalue weighted by Gasteiger charge is -2.16. The first kappa shape index (κ1) is 29.5. The first-order valence-electron chi connectivity index (χ1n) is 12.5. The minimum Gasteiger partial charge on any atom is -0.349 e. The normalized spacial score (nSPS) is 13.7. The lowest BCUT2D eigenvalue weighted by atomic mass is 10.1. The first-order valence-corrected chi connectivity index (χ1v) is 13.6. The van der Waals surface area contributed by atoms with E-state index in [2.05, 4.69) is 53.6 Å². The fourth-order valence-electron chi connectivity index (χ4n) is 4.12. The molecule has 4 aromatic rings. The van der Waals surface area contributed by atoms with Gasteiger partial charge in [-0.1, -0.05) is 11.3 Å². The van der Waals surface area contributed by atoms with E-state index in [1.807, 2.05) is 0 Å². The molecule has 1 aromatic carbocycles. The maximum atomic E-state index is 13.7. The van der Waals surface area contributed by atoms with Gasteiger partial charge in [0.05, 0.1) is 29.7 Å². The molecule has 2 amide bonds. The second kappa shape index (κ2) is 11.0. The fourth-order valence-corrected chi connectivity index (χ4v) is 4.90. The van der Waals surface area contributed by atoms with Gasteiger partial charge in [-0.05, 0) is 84.7 Å². The molecule has 1 fully saturated rings. The number of amides is 2. The summed E-state index contributed by atoms with van der Waals surface area (Å²) in [6.45, 7) is 3.10. The van der Waals surface area contributed by atoms with E-state index in [4.69, 9.17) is 0 Å². The van der Waals surface area contributed by atoms with Gasteiger partial charge in [-0.25, -0.2) is 14.3 Å². The van der Waals surface area contributed by atoms with Gasteiger partial charge in [0.2, 0.25) is 0 Å². The molecule has 0 aliphatic heterocycles. The second-order valence-corrected chi connectivity index (χ2v) is 11.0. The zero-order valence-corrected chi connectivity index (χ0v) is 24.2. The van der Waals surface area contributed by atoms with Crippen LogP contribution in [-0.4, -0.2) is 53.8 Å². The number of nitrogens with zero attached hydrogens (tertiary/aromatic N) is 6. The van der Waals surface area contributed by atoms with E-state index in [-0.39, 0.29) is 41.3 Å². The van der Waals surface area contributed by atoms with Crippen LogP contribution in [0, 0.1) is 17.4 Å². The molecule has 0 bridgehead atoms. The Balaban J connectivity index is 1.50. The Morgan fingerprint density at radius 3 is 2.48 bits per heavy atom. The van der Waals surface area contributed by atoms with Crippen LogP contribution in [0.4, 0.5) is 27.6 Å². The summed E-state index contributed by atoms with van der Waals surface area (Å²) in [7, 11) is 0. The minimum absolute atomic E-state index is 0.0285. The van der Waals surface area contributed by atoms with E-state index in [0.717, 1.165) is 21.1 Å². The Morgan fingerprint density at radius 1 is 1.07 bits per heavy atom. The molecule has 0 atom stereocenters. The Kier molecular flexibility index (Phi) is 7.76. The molecule has 1 aliphatic rings. The van der Waals surface area contributed by atoms with Gasteiger partial charge in [0.15, 0.2) is 11.5 Å². The number of carbonyl (C=O) groups excluding carboxylic acids is 2. The van der Waals surface area contributed by atoms with Gasteiger partial charge in [-0.15, -0.1) is 5.10 Å². The van der Waals surface area contributed by atoms with Crippen molar-refractivity contribution in [1.82, 2.24) is 35.1 Å². The molecule has 42 heavy (non-hydrogen) atoms. The van der Waals surface area contributed by atoms with Crippen LogP contribution in [0.5, 0.6) is 0 Å². The number of nitrogens with one attached hydrogen (secondary N) is 2. The van der Waals surface area contributed by atoms with Gasteiger partial charge in [0, 0.05) is 15.8 Å². The predicted molar refractivity (Wildman–Crippen MR) is 148 cm³/mol. The number of aromatic nitrogens is 6. The molecule has 0 radical (unpaired) electrons. The lowest BCUT2D eigenvalue weighted by molar-refractivity contribution is -0.291. The Morgan fingerprint density at radius 2 is 1.81 bits per heavy atom. The van der Waals surface area contributed by atoms with Crippen LogP contribution in [0.3, 0.4) is 0 Å². The molecule has 1 saturated carbocycles. The molecule has 5 rings (SSSR count). The van der Waals surface area contributed by atoms with E-state index in [1.165, 1.54) is 16.9 Å². The molecular formula is C26H22F5IN8O2. The number of halogens is 6. The lowest BCUT2D eigenvalue weighted by Crippen LogP contribution is -2.34. The van der Waals surface area contributed by atoms with Gasteiger partial charge in [-0.3, -0.25) is 9.59 Å². The summed E-state index contributed by atoms with van der Waals surface area (Å²) in [6, 6.07) is 8.29. The molecule has 220 valence electrons. The summed E-state index contributed by atoms with van der Waals surface area (Å²) in [5.41, 5.74) is 0.351. The van der Waals surface area contributed by atoms with Gasteiger partial charge in [0.25, 0.3) is 11.8 Å².